The first kappa shape index (κ1) is 12.3. The van der Waals surface area contributed by atoms with Gasteiger partial charge in [0.05, 0.1) is 11.6 Å². The summed E-state index contributed by atoms with van der Waals surface area (Å²) in [6.45, 7) is 3.38. The highest BCUT2D eigenvalue weighted by atomic mass is 15.1. The Morgan fingerprint density at radius 3 is 2.67 bits per heavy atom. The molecule has 0 saturated carbocycles. The van der Waals surface area contributed by atoms with Gasteiger partial charge in [-0.25, -0.2) is 4.98 Å². The molecule has 18 heavy (non-hydrogen) atoms. The first-order chi connectivity index (χ1) is 8.74. The van der Waals surface area contributed by atoms with Gasteiger partial charge in [0.2, 0.25) is 0 Å². The number of rotatable bonds is 4. The average molecular weight is 240 g/mol. The Bertz CT molecular complexity index is 560. The van der Waals surface area contributed by atoms with E-state index >= 15 is 0 Å². The molecule has 0 unspecified atom stereocenters. The molecule has 2 N–H and O–H groups in total. The molecule has 0 atom stereocenters. The van der Waals surface area contributed by atoms with Crippen molar-refractivity contribution < 1.29 is 0 Å². The minimum Gasteiger partial charge on any atom is -0.330 e. The Kier molecular flexibility index (Phi) is 3.75. The molecule has 4 heteroatoms. The molecule has 2 rings (SSSR count). The number of nitrogens with zero attached hydrogens (tertiary/aromatic N) is 3. The van der Waals surface area contributed by atoms with Crippen LogP contribution in [-0.2, 0) is 13.0 Å². The monoisotopic (exact) mass is 240 g/mol. The lowest BCUT2D eigenvalue weighted by Gasteiger charge is -2.10. The second-order valence-electron chi connectivity index (χ2n) is 4.23. The Morgan fingerprint density at radius 1 is 1.33 bits per heavy atom. The van der Waals surface area contributed by atoms with Crippen LogP contribution in [0.15, 0.2) is 30.5 Å². The maximum Gasteiger partial charge on any atom is 0.106 e. The van der Waals surface area contributed by atoms with E-state index in [0.717, 1.165) is 30.0 Å². The van der Waals surface area contributed by atoms with Crippen LogP contribution in [0, 0.1) is 18.3 Å². The molecule has 2 aromatic rings. The van der Waals surface area contributed by atoms with Crippen molar-refractivity contribution in [1.29, 1.82) is 5.26 Å². The van der Waals surface area contributed by atoms with Gasteiger partial charge in [-0.2, -0.15) is 5.26 Å². The van der Waals surface area contributed by atoms with Crippen molar-refractivity contribution in [2.45, 2.75) is 19.9 Å². The second kappa shape index (κ2) is 5.48. The normalized spacial score (nSPS) is 10.3. The number of imidazole rings is 1. The van der Waals surface area contributed by atoms with E-state index in [9.17, 15) is 0 Å². The van der Waals surface area contributed by atoms with Gasteiger partial charge in [-0.3, -0.25) is 0 Å². The Labute approximate surface area is 107 Å². The SMILES string of the molecule is Cc1ncc(CCN)n1Cc1ccc(C#N)cc1. The number of hydrogen-bond acceptors (Lipinski definition) is 3. The summed E-state index contributed by atoms with van der Waals surface area (Å²) in [5.41, 5.74) is 8.59. The fourth-order valence-electron chi connectivity index (χ4n) is 1.95. The minimum absolute atomic E-state index is 0.624. The van der Waals surface area contributed by atoms with Gasteiger partial charge in [0.15, 0.2) is 0 Å². The van der Waals surface area contributed by atoms with Gasteiger partial charge in [0.25, 0.3) is 0 Å². The molecular formula is C14H16N4. The molecule has 4 nitrogen and oxygen atoms in total. The molecular weight excluding hydrogens is 224 g/mol. The Balaban J connectivity index is 2.22. The van der Waals surface area contributed by atoms with E-state index < -0.39 is 0 Å². The van der Waals surface area contributed by atoms with E-state index in [0.29, 0.717) is 12.1 Å². The van der Waals surface area contributed by atoms with Gasteiger partial charge in [-0.05, 0) is 31.2 Å². The first-order valence-corrected chi connectivity index (χ1v) is 5.94. The number of aromatic nitrogens is 2. The number of hydrogen-bond donors (Lipinski definition) is 1. The van der Waals surface area contributed by atoms with Gasteiger partial charge >= 0.3 is 0 Å². The van der Waals surface area contributed by atoms with Crippen molar-refractivity contribution in [3.63, 3.8) is 0 Å². The summed E-state index contributed by atoms with van der Waals surface area (Å²) in [6, 6.07) is 9.75. The van der Waals surface area contributed by atoms with Crippen LogP contribution >= 0.6 is 0 Å². The summed E-state index contributed by atoms with van der Waals surface area (Å²) < 4.78 is 2.16. The van der Waals surface area contributed by atoms with E-state index in [4.69, 9.17) is 11.0 Å². The standard InChI is InChI=1S/C14H16N4/c1-11-17-9-14(6-7-15)18(11)10-13-4-2-12(8-16)3-5-13/h2-5,9H,6-7,10,15H2,1H3. The number of benzene rings is 1. The average Bonchev–Trinajstić information content (AvgIpc) is 2.73. The molecule has 1 aromatic heterocycles. The zero-order valence-electron chi connectivity index (χ0n) is 10.4. The third-order valence-electron chi connectivity index (χ3n) is 2.96. The highest BCUT2D eigenvalue weighted by Crippen LogP contribution is 2.11. The predicted molar refractivity (Wildman–Crippen MR) is 70.0 cm³/mol. The van der Waals surface area contributed by atoms with E-state index in [1.54, 1.807) is 0 Å². The molecule has 1 heterocycles. The third kappa shape index (κ3) is 2.58. The zero-order valence-corrected chi connectivity index (χ0v) is 10.4. The number of aryl methyl sites for hydroxylation is 1. The summed E-state index contributed by atoms with van der Waals surface area (Å²) in [4.78, 5) is 4.32. The summed E-state index contributed by atoms with van der Waals surface area (Å²) in [5, 5.41) is 8.76. The molecule has 0 bridgehead atoms. The van der Waals surface area contributed by atoms with Crippen LogP contribution in [0.1, 0.15) is 22.6 Å². The van der Waals surface area contributed by atoms with Crippen LogP contribution in [0.5, 0.6) is 0 Å². The van der Waals surface area contributed by atoms with Crippen molar-refractivity contribution in [1.82, 2.24) is 9.55 Å². The van der Waals surface area contributed by atoms with Crippen LogP contribution in [0.2, 0.25) is 0 Å². The summed E-state index contributed by atoms with van der Waals surface area (Å²) >= 11 is 0. The molecule has 0 amide bonds. The first-order valence-electron chi connectivity index (χ1n) is 5.94. The largest absolute Gasteiger partial charge is 0.330 e. The molecule has 0 aliphatic heterocycles. The smallest absolute Gasteiger partial charge is 0.106 e. The zero-order chi connectivity index (χ0) is 13.0. The van der Waals surface area contributed by atoms with Crippen molar-refractivity contribution in [2.24, 2.45) is 5.73 Å². The highest BCUT2D eigenvalue weighted by molar-refractivity contribution is 5.32. The molecule has 0 spiro atoms. The van der Waals surface area contributed by atoms with E-state index in [-0.39, 0.29) is 0 Å². The van der Waals surface area contributed by atoms with E-state index in [2.05, 4.69) is 15.6 Å². The van der Waals surface area contributed by atoms with Crippen LogP contribution in [0.3, 0.4) is 0 Å². The number of nitrogens with two attached hydrogens (primary N) is 1. The molecule has 92 valence electrons. The Morgan fingerprint density at radius 2 is 2.06 bits per heavy atom. The maximum atomic E-state index is 8.76. The molecule has 0 fully saturated rings. The van der Waals surface area contributed by atoms with E-state index in [1.165, 1.54) is 0 Å². The summed E-state index contributed by atoms with van der Waals surface area (Å²) in [5.74, 6) is 0.989. The van der Waals surface area contributed by atoms with Gasteiger partial charge in [0, 0.05) is 24.9 Å². The van der Waals surface area contributed by atoms with Crippen molar-refractivity contribution in [3.05, 3.63) is 53.1 Å². The van der Waals surface area contributed by atoms with E-state index in [1.807, 2.05) is 37.4 Å². The fourth-order valence-corrected chi connectivity index (χ4v) is 1.95. The lowest BCUT2D eigenvalue weighted by Crippen LogP contribution is -2.11. The lowest BCUT2D eigenvalue weighted by molar-refractivity contribution is 0.708. The molecule has 0 radical (unpaired) electrons. The quantitative estimate of drug-likeness (QED) is 0.882. The third-order valence-corrected chi connectivity index (χ3v) is 2.96. The van der Waals surface area contributed by atoms with Crippen LogP contribution in [0.25, 0.3) is 0 Å². The highest BCUT2D eigenvalue weighted by Gasteiger charge is 2.06. The minimum atomic E-state index is 0.624. The van der Waals surface area contributed by atoms with Crippen molar-refractivity contribution in [3.8, 4) is 6.07 Å². The molecule has 0 saturated heterocycles. The molecule has 1 aromatic carbocycles. The van der Waals surface area contributed by atoms with Crippen molar-refractivity contribution >= 4 is 0 Å². The van der Waals surface area contributed by atoms with Gasteiger partial charge in [0.1, 0.15) is 5.82 Å². The summed E-state index contributed by atoms with van der Waals surface area (Å²) in [7, 11) is 0. The lowest BCUT2D eigenvalue weighted by atomic mass is 10.1. The molecule has 0 aliphatic carbocycles. The maximum absolute atomic E-state index is 8.76. The van der Waals surface area contributed by atoms with Crippen LogP contribution in [-0.4, -0.2) is 16.1 Å². The van der Waals surface area contributed by atoms with Crippen LogP contribution in [0.4, 0.5) is 0 Å². The fraction of sp³-hybridized carbons (Fsp3) is 0.286. The predicted octanol–water partition coefficient (Wildman–Crippen LogP) is 1.61. The second-order valence-corrected chi connectivity index (χ2v) is 4.23. The van der Waals surface area contributed by atoms with Crippen LogP contribution < -0.4 is 5.73 Å². The summed E-state index contributed by atoms with van der Waals surface area (Å²) in [6.07, 6.45) is 2.71. The molecule has 0 aliphatic rings. The Hall–Kier alpha value is -2.12. The van der Waals surface area contributed by atoms with Gasteiger partial charge in [-0.15, -0.1) is 0 Å². The topological polar surface area (TPSA) is 67.6 Å². The van der Waals surface area contributed by atoms with Crippen molar-refractivity contribution in [2.75, 3.05) is 6.54 Å². The van der Waals surface area contributed by atoms with Gasteiger partial charge < -0.3 is 10.3 Å². The number of nitriles is 1. The van der Waals surface area contributed by atoms with Gasteiger partial charge in [-0.1, -0.05) is 12.1 Å².